The number of benzene rings is 2. The van der Waals surface area contributed by atoms with Gasteiger partial charge in [0, 0.05) is 5.56 Å². The summed E-state index contributed by atoms with van der Waals surface area (Å²) < 4.78 is 82.4. The van der Waals surface area contributed by atoms with Gasteiger partial charge in [-0.15, -0.1) is 0 Å². The zero-order valence-electron chi connectivity index (χ0n) is 15.2. The standard InChI is InChI=1S/C21H16F6O2/c1-14(7-8-28)16-5-2-6-19(12-16)29-9-3-4-15-10-17(20(22,23)24)13-18(11-15)21(25,26)27/h2,5-7,10-13,28H,8-9H2,1H3/b14-7+. The average molecular weight is 414 g/mol. The molecular weight excluding hydrogens is 398 g/mol. The van der Waals surface area contributed by atoms with Gasteiger partial charge >= 0.3 is 12.4 Å². The molecule has 0 bridgehead atoms. The first-order valence-corrected chi connectivity index (χ1v) is 8.30. The minimum Gasteiger partial charge on any atom is -0.481 e. The number of aliphatic hydroxyl groups excluding tert-OH is 1. The Morgan fingerprint density at radius 1 is 1.00 bits per heavy atom. The fourth-order valence-corrected chi connectivity index (χ4v) is 2.37. The molecule has 0 radical (unpaired) electrons. The van der Waals surface area contributed by atoms with Gasteiger partial charge in [0.25, 0.3) is 0 Å². The van der Waals surface area contributed by atoms with Crippen LogP contribution in [-0.4, -0.2) is 18.3 Å². The van der Waals surface area contributed by atoms with Crippen LogP contribution in [0.15, 0.2) is 48.5 Å². The second-order valence-electron chi connectivity index (χ2n) is 5.98. The minimum atomic E-state index is -4.92. The molecule has 2 aromatic carbocycles. The molecule has 2 aromatic rings. The van der Waals surface area contributed by atoms with Gasteiger partial charge in [-0.25, -0.2) is 0 Å². The van der Waals surface area contributed by atoms with Gasteiger partial charge in [0.2, 0.25) is 0 Å². The quantitative estimate of drug-likeness (QED) is 0.525. The number of rotatable bonds is 4. The van der Waals surface area contributed by atoms with Crippen molar-refractivity contribution in [3.8, 4) is 17.6 Å². The van der Waals surface area contributed by atoms with Crippen LogP contribution in [0, 0.1) is 11.8 Å². The van der Waals surface area contributed by atoms with Gasteiger partial charge in [0.1, 0.15) is 12.4 Å². The fourth-order valence-electron chi connectivity index (χ4n) is 2.37. The van der Waals surface area contributed by atoms with E-state index in [1.54, 1.807) is 37.3 Å². The van der Waals surface area contributed by atoms with Crippen LogP contribution in [0.3, 0.4) is 0 Å². The second-order valence-corrected chi connectivity index (χ2v) is 5.98. The molecule has 0 spiro atoms. The molecule has 29 heavy (non-hydrogen) atoms. The molecule has 0 heterocycles. The number of aliphatic hydroxyl groups is 1. The maximum absolute atomic E-state index is 12.8. The highest BCUT2D eigenvalue weighted by Gasteiger charge is 2.36. The van der Waals surface area contributed by atoms with E-state index in [1.807, 2.05) is 0 Å². The molecule has 0 atom stereocenters. The van der Waals surface area contributed by atoms with Crippen molar-refractivity contribution in [3.05, 3.63) is 70.8 Å². The molecule has 0 saturated heterocycles. The Morgan fingerprint density at radius 3 is 2.17 bits per heavy atom. The highest BCUT2D eigenvalue weighted by atomic mass is 19.4. The molecule has 0 aliphatic carbocycles. The molecule has 0 aliphatic heterocycles. The zero-order valence-corrected chi connectivity index (χ0v) is 15.2. The van der Waals surface area contributed by atoms with Crippen molar-refractivity contribution in [2.75, 3.05) is 13.2 Å². The Morgan fingerprint density at radius 2 is 1.62 bits per heavy atom. The molecule has 154 valence electrons. The van der Waals surface area contributed by atoms with E-state index in [9.17, 15) is 26.3 Å². The molecule has 0 fully saturated rings. The molecule has 1 N–H and O–H groups in total. The summed E-state index contributed by atoms with van der Waals surface area (Å²) in [7, 11) is 0. The van der Waals surface area contributed by atoms with Gasteiger partial charge in [0.15, 0.2) is 0 Å². The van der Waals surface area contributed by atoms with Gasteiger partial charge in [-0.1, -0.05) is 30.0 Å². The SMILES string of the molecule is C/C(=C\CO)c1cccc(OCC#Cc2cc(C(F)(F)F)cc(C(F)(F)F)c2)c1. The maximum atomic E-state index is 12.8. The highest BCUT2D eigenvalue weighted by molar-refractivity contribution is 5.64. The van der Waals surface area contributed by atoms with Crippen molar-refractivity contribution in [1.82, 2.24) is 0 Å². The summed E-state index contributed by atoms with van der Waals surface area (Å²) in [6, 6.07) is 7.97. The zero-order chi connectivity index (χ0) is 21.7. The number of halogens is 6. The van der Waals surface area contributed by atoms with E-state index in [2.05, 4.69) is 11.8 Å². The van der Waals surface area contributed by atoms with Crippen molar-refractivity contribution in [2.45, 2.75) is 19.3 Å². The van der Waals surface area contributed by atoms with E-state index in [1.165, 1.54) is 0 Å². The van der Waals surface area contributed by atoms with Crippen LogP contribution in [0.2, 0.25) is 0 Å². The number of hydrogen-bond acceptors (Lipinski definition) is 2. The molecule has 8 heteroatoms. The lowest BCUT2D eigenvalue weighted by Crippen LogP contribution is -2.11. The van der Waals surface area contributed by atoms with E-state index < -0.39 is 29.0 Å². The fraction of sp³-hybridized carbons (Fsp3) is 0.238. The first-order chi connectivity index (χ1) is 13.5. The third-order valence-corrected chi connectivity index (χ3v) is 3.82. The third kappa shape index (κ3) is 6.57. The molecule has 2 nitrogen and oxygen atoms in total. The molecule has 2 rings (SSSR count). The van der Waals surface area contributed by atoms with Crippen molar-refractivity contribution in [2.24, 2.45) is 0 Å². The van der Waals surface area contributed by atoms with E-state index in [0.717, 1.165) is 11.1 Å². The monoisotopic (exact) mass is 414 g/mol. The summed E-state index contributed by atoms with van der Waals surface area (Å²) in [5.74, 6) is 5.12. The third-order valence-electron chi connectivity index (χ3n) is 3.82. The Balaban J connectivity index is 2.18. The molecule has 0 aromatic heterocycles. The van der Waals surface area contributed by atoms with Crippen molar-refractivity contribution >= 4 is 5.57 Å². The van der Waals surface area contributed by atoms with E-state index >= 15 is 0 Å². The van der Waals surface area contributed by atoms with Gasteiger partial charge in [-0.2, -0.15) is 26.3 Å². The van der Waals surface area contributed by atoms with Gasteiger partial charge in [-0.05, 0) is 48.4 Å². The number of allylic oxidation sites excluding steroid dienone is 1. The predicted molar refractivity (Wildman–Crippen MR) is 96.0 cm³/mol. The summed E-state index contributed by atoms with van der Waals surface area (Å²) >= 11 is 0. The largest absolute Gasteiger partial charge is 0.481 e. The number of alkyl halides is 6. The second kappa shape index (κ2) is 9.05. The normalized spacial score (nSPS) is 12.3. The van der Waals surface area contributed by atoms with E-state index in [0.29, 0.717) is 17.9 Å². The minimum absolute atomic E-state index is 0.0510. The molecule has 0 amide bonds. The maximum Gasteiger partial charge on any atom is 0.416 e. The van der Waals surface area contributed by atoms with Crippen LogP contribution < -0.4 is 4.74 Å². The topological polar surface area (TPSA) is 29.5 Å². The van der Waals surface area contributed by atoms with Crippen LogP contribution in [0.1, 0.15) is 29.2 Å². The first kappa shape index (κ1) is 22.4. The summed E-state index contributed by atoms with van der Waals surface area (Å²) in [5.41, 5.74) is -1.65. The lowest BCUT2D eigenvalue weighted by atomic mass is 10.0. The molecule has 0 aliphatic rings. The molecule has 0 saturated carbocycles. The first-order valence-electron chi connectivity index (χ1n) is 8.30. The smallest absolute Gasteiger partial charge is 0.416 e. The van der Waals surface area contributed by atoms with Crippen LogP contribution in [-0.2, 0) is 12.4 Å². The Bertz CT molecular complexity index is 914. The predicted octanol–water partition coefficient (Wildman–Crippen LogP) is 5.55. The van der Waals surface area contributed by atoms with Crippen molar-refractivity contribution in [3.63, 3.8) is 0 Å². The van der Waals surface area contributed by atoms with Gasteiger partial charge in [0.05, 0.1) is 17.7 Å². The van der Waals surface area contributed by atoms with Crippen LogP contribution in [0.4, 0.5) is 26.3 Å². The Hall–Kier alpha value is -2.92. The molecule has 0 unspecified atom stereocenters. The summed E-state index contributed by atoms with van der Waals surface area (Å²) in [5, 5.41) is 8.92. The molecular formula is C21H16F6O2. The van der Waals surface area contributed by atoms with Crippen molar-refractivity contribution < 1.29 is 36.2 Å². The van der Waals surface area contributed by atoms with Crippen LogP contribution in [0.25, 0.3) is 5.57 Å². The summed E-state index contributed by atoms with van der Waals surface area (Å²) in [6.45, 7) is 1.43. The Kier molecular flexibility index (Phi) is 6.98. The number of ether oxygens (including phenoxy) is 1. The van der Waals surface area contributed by atoms with Crippen molar-refractivity contribution in [1.29, 1.82) is 0 Å². The number of hydrogen-bond donors (Lipinski definition) is 1. The summed E-state index contributed by atoms with van der Waals surface area (Å²) in [4.78, 5) is 0. The summed E-state index contributed by atoms with van der Waals surface area (Å²) in [6.07, 6.45) is -8.24. The lowest BCUT2D eigenvalue weighted by Gasteiger charge is -2.12. The van der Waals surface area contributed by atoms with Crippen LogP contribution >= 0.6 is 0 Å². The van der Waals surface area contributed by atoms with E-state index in [-0.39, 0.29) is 19.3 Å². The van der Waals surface area contributed by atoms with Gasteiger partial charge < -0.3 is 9.84 Å². The van der Waals surface area contributed by atoms with E-state index in [4.69, 9.17) is 9.84 Å². The average Bonchev–Trinajstić information content (AvgIpc) is 2.64. The lowest BCUT2D eigenvalue weighted by molar-refractivity contribution is -0.143. The Labute approximate surface area is 163 Å². The van der Waals surface area contributed by atoms with Crippen LogP contribution in [0.5, 0.6) is 5.75 Å². The van der Waals surface area contributed by atoms with Gasteiger partial charge in [-0.3, -0.25) is 0 Å². The highest BCUT2D eigenvalue weighted by Crippen LogP contribution is 2.36.